The van der Waals surface area contributed by atoms with Gasteiger partial charge in [0.05, 0.1) is 17.8 Å². The Kier molecular flexibility index (Phi) is 4.87. The average molecular weight is 337 g/mol. The molecule has 1 aromatic rings. The van der Waals surface area contributed by atoms with E-state index >= 15 is 0 Å². The zero-order chi connectivity index (χ0) is 15.6. The van der Waals surface area contributed by atoms with Crippen molar-refractivity contribution >= 4 is 27.6 Å². The summed E-state index contributed by atoms with van der Waals surface area (Å²) in [7, 11) is -2.21. The van der Waals surface area contributed by atoms with Gasteiger partial charge in [0.15, 0.2) is 5.03 Å². The van der Waals surface area contributed by atoms with Gasteiger partial charge < -0.3 is 5.11 Å². The van der Waals surface area contributed by atoms with E-state index in [0.29, 0.717) is 26.1 Å². The molecule has 0 aromatic carbocycles. The fourth-order valence-corrected chi connectivity index (χ4v) is 4.42. The molecule has 0 spiro atoms. The fraction of sp³-hybridized carbons (Fsp3) is 0.636. The SMILES string of the molecule is Cn1ncc(Cl)c1S(=O)(=O)N1CCCN(CC(=O)O)CC1. The summed E-state index contributed by atoms with van der Waals surface area (Å²) in [4.78, 5) is 12.5. The van der Waals surface area contributed by atoms with Crippen LogP contribution in [0.2, 0.25) is 5.02 Å². The number of aromatic nitrogens is 2. The maximum atomic E-state index is 12.6. The Morgan fingerprint density at radius 3 is 2.67 bits per heavy atom. The summed E-state index contributed by atoms with van der Waals surface area (Å²) in [5.74, 6) is -0.916. The van der Waals surface area contributed by atoms with Crippen molar-refractivity contribution in [3.05, 3.63) is 11.2 Å². The quantitative estimate of drug-likeness (QED) is 0.822. The topological polar surface area (TPSA) is 95.7 Å². The van der Waals surface area contributed by atoms with Crippen LogP contribution in [-0.4, -0.2) is 71.2 Å². The van der Waals surface area contributed by atoms with E-state index in [4.69, 9.17) is 16.7 Å². The van der Waals surface area contributed by atoms with Crippen molar-refractivity contribution in [1.29, 1.82) is 0 Å². The van der Waals surface area contributed by atoms with Gasteiger partial charge >= 0.3 is 5.97 Å². The number of carboxylic acids is 1. The molecule has 0 amide bonds. The second-order valence-corrected chi connectivity index (χ2v) is 7.11. The number of aryl methyl sites for hydroxylation is 1. The van der Waals surface area contributed by atoms with Crippen LogP contribution < -0.4 is 0 Å². The van der Waals surface area contributed by atoms with Crippen molar-refractivity contribution in [3.63, 3.8) is 0 Å². The van der Waals surface area contributed by atoms with E-state index in [1.807, 2.05) is 0 Å². The summed E-state index contributed by atoms with van der Waals surface area (Å²) in [5.41, 5.74) is 0. The van der Waals surface area contributed by atoms with E-state index in [2.05, 4.69) is 5.10 Å². The Morgan fingerprint density at radius 1 is 1.38 bits per heavy atom. The highest BCUT2D eigenvalue weighted by atomic mass is 35.5. The molecule has 8 nitrogen and oxygen atoms in total. The van der Waals surface area contributed by atoms with Crippen LogP contribution in [-0.2, 0) is 21.9 Å². The molecule has 118 valence electrons. The molecule has 1 aliphatic heterocycles. The van der Waals surface area contributed by atoms with Gasteiger partial charge in [-0.2, -0.15) is 9.40 Å². The van der Waals surface area contributed by atoms with Gasteiger partial charge in [-0.1, -0.05) is 11.6 Å². The van der Waals surface area contributed by atoms with Gasteiger partial charge in [0.1, 0.15) is 0 Å². The second-order valence-electron chi connectivity index (χ2n) is 4.85. The highest BCUT2D eigenvalue weighted by Crippen LogP contribution is 2.24. The van der Waals surface area contributed by atoms with Gasteiger partial charge in [-0.15, -0.1) is 0 Å². The zero-order valence-electron chi connectivity index (χ0n) is 11.6. The van der Waals surface area contributed by atoms with Gasteiger partial charge in [0.2, 0.25) is 0 Å². The average Bonchev–Trinajstić information content (AvgIpc) is 2.60. The van der Waals surface area contributed by atoms with Gasteiger partial charge in [0.25, 0.3) is 10.0 Å². The number of halogens is 1. The molecule has 0 aliphatic carbocycles. The molecule has 0 unspecified atom stereocenters. The summed E-state index contributed by atoms with van der Waals surface area (Å²) in [5, 5.41) is 12.7. The fourth-order valence-electron chi connectivity index (χ4n) is 2.35. The first-order valence-electron chi connectivity index (χ1n) is 6.44. The molecular formula is C11H17ClN4O4S. The van der Waals surface area contributed by atoms with Crippen LogP contribution in [0.15, 0.2) is 11.2 Å². The normalized spacial score (nSPS) is 18.6. The second kappa shape index (κ2) is 6.30. The summed E-state index contributed by atoms with van der Waals surface area (Å²) in [6.45, 7) is 1.41. The van der Waals surface area contributed by atoms with Crippen LogP contribution >= 0.6 is 11.6 Å². The van der Waals surface area contributed by atoms with Crippen molar-refractivity contribution in [1.82, 2.24) is 19.0 Å². The van der Waals surface area contributed by atoms with Gasteiger partial charge in [-0.25, -0.2) is 8.42 Å². The van der Waals surface area contributed by atoms with E-state index in [1.54, 1.807) is 4.90 Å². The van der Waals surface area contributed by atoms with Crippen LogP contribution in [0.1, 0.15) is 6.42 Å². The first-order valence-corrected chi connectivity index (χ1v) is 8.26. The van der Waals surface area contributed by atoms with Crippen molar-refractivity contribution in [3.8, 4) is 0 Å². The third-order valence-electron chi connectivity index (χ3n) is 3.33. The predicted octanol–water partition coefficient (Wildman–Crippen LogP) is -0.145. The molecule has 0 radical (unpaired) electrons. The molecule has 1 fully saturated rings. The lowest BCUT2D eigenvalue weighted by Gasteiger charge is -2.20. The Morgan fingerprint density at radius 2 is 2.10 bits per heavy atom. The molecule has 1 saturated heterocycles. The number of carboxylic acid groups (broad SMARTS) is 1. The summed E-state index contributed by atoms with van der Waals surface area (Å²) in [6.07, 6.45) is 1.87. The van der Waals surface area contributed by atoms with E-state index < -0.39 is 16.0 Å². The van der Waals surface area contributed by atoms with Crippen LogP contribution in [0.5, 0.6) is 0 Å². The number of hydrogen-bond acceptors (Lipinski definition) is 5. The molecule has 21 heavy (non-hydrogen) atoms. The lowest BCUT2D eigenvalue weighted by Crippen LogP contribution is -2.37. The number of hydrogen-bond donors (Lipinski definition) is 1. The Labute approximate surface area is 127 Å². The predicted molar refractivity (Wildman–Crippen MR) is 75.7 cm³/mol. The summed E-state index contributed by atoms with van der Waals surface area (Å²) < 4.78 is 27.8. The number of aliphatic carboxylic acids is 1. The molecule has 1 N–H and O–H groups in total. The van der Waals surface area contributed by atoms with Crippen molar-refractivity contribution in [2.75, 3.05) is 32.7 Å². The summed E-state index contributed by atoms with van der Waals surface area (Å²) >= 11 is 5.91. The highest BCUT2D eigenvalue weighted by Gasteiger charge is 2.31. The van der Waals surface area contributed by atoms with Crippen molar-refractivity contribution < 1.29 is 18.3 Å². The van der Waals surface area contributed by atoms with Crippen LogP contribution in [0.4, 0.5) is 0 Å². The van der Waals surface area contributed by atoms with E-state index in [0.717, 1.165) is 0 Å². The van der Waals surface area contributed by atoms with Gasteiger partial charge in [-0.3, -0.25) is 14.4 Å². The van der Waals surface area contributed by atoms with Crippen LogP contribution in [0.3, 0.4) is 0 Å². The molecule has 1 aromatic heterocycles. The number of nitrogens with zero attached hydrogens (tertiary/aromatic N) is 4. The largest absolute Gasteiger partial charge is 0.480 e. The molecule has 2 heterocycles. The number of sulfonamides is 1. The molecule has 1 aliphatic rings. The first-order chi connectivity index (χ1) is 9.82. The minimum absolute atomic E-state index is 0.0316. The third-order valence-corrected chi connectivity index (χ3v) is 5.74. The molecule has 10 heteroatoms. The maximum absolute atomic E-state index is 12.6. The van der Waals surface area contributed by atoms with E-state index in [-0.39, 0.29) is 23.1 Å². The van der Waals surface area contributed by atoms with Gasteiger partial charge in [0, 0.05) is 33.2 Å². The minimum Gasteiger partial charge on any atom is -0.480 e. The Hall–Kier alpha value is -1.16. The maximum Gasteiger partial charge on any atom is 0.317 e. The third kappa shape index (κ3) is 3.54. The number of rotatable bonds is 4. The summed E-state index contributed by atoms with van der Waals surface area (Å²) in [6, 6.07) is 0. The molecule has 0 atom stereocenters. The molecule has 2 rings (SSSR count). The standard InChI is InChI=1S/C11H17ClN4O4S/c1-14-11(9(12)7-13-14)21(19,20)16-4-2-3-15(5-6-16)8-10(17)18/h7H,2-6,8H2,1H3,(H,17,18). The molecular weight excluding hydrogens is 320 g/mol. The first kappa shape index (κ1) is 16.2. The van der Waals surface area contributed by atoms with Crippen LogP contribution in [0.25, 0.3) is 0 Å². The van der Waals surface area contributed by atoms with Crippen molar-refractivity contribution in [2.45, 2.75) is 11.4 Å². The monoisotopic (exact) mass is 336 g/mol. The highest BCUT2D eigenvalue weighted by molar-refractivity contribution is 7.89. The minimum atomic E-state index is -3.73. The Bertz CT molecular complexity index is 611. The smallest absolute Gasteiger partial charge is 0.317 e. The van der Waals surface area contributed by atoms with Gasteiger partial charge in [-0.05, 0) is 6.42 Å². The lowest BCUT2D eigenvalue weighted by molar-refractivity contribution is -0.138. The van der Waals surface area contributed by atoms with Crippen LogP contribution in [0, 0.1) is 0 Å². The lowest BCUT2D eigenvalue weighted by atomic mass is 10.4. The van der Waals surface area contributed by atoms with E-state index in [9.17, 15) is 13.2 Å². The van der Waals surface area contributed by atoms with E-state index in [1.165, 1.54) is 22.2 Å². The molecule has 0 saturated carbocycles. The number of carbonyl (C=O) groups is 1. The zero-order valence-corrected chi connectivity index (χ0v) is 13.1. The Balaban J connectivity index is 2.17. The van der Waals surface area contributed by atoms with Crippen molar-refractivity contribution in [2.24, 2.45) is 7.05 Å². The molecule has 0 bridgehead atoms.